The summed E-state index contributed by atoms with van der Waals surface area (Å²) in [7, 11) is 0. The van der Waals surface area contributed by atoms with Crippen LogP contribution in [0.15, 0.2) is 52.4 Å². The van der Waals surface area contributed by atoms with E-state index in [0.717, 1.165) is 65.1 Å². The van der Waals surface area contributed by atoms with Gasteiger partial charge in [-0.1, -0.05) is 24.3 Å². The smallest absolute Gasteiger partial charge is 0.128 e. The van der Waals surface area contributed by atoms with Gasteiger partial charge in [0.05, 0.1) is 23.3 Å². The minimum Gasteiger partial charge on any atom is -0.412 e. The highest BCUT2D eigenvalue weighted by atomic mass is 35.5. The zero-order chi connectivity index (χ0) is 16.6. The number of hydrogen-bond acceptors (Lipinski definition) is 6. The lowest BCUT2D eigenvalue weighted by molar-refractivity contribution is 0.823. The van der Waals surface area contributed by atoms with Gasteiger partial charge in [0.2, 0.25) is 0 Å². The average Bonchev–Trinajstić information content (AvgIpc) is 3.42. The molecule has 0 bridgehead atoms. The molecule has 5 rings (SSSR count). The third kappa shape index (κ3) is 4.85. The Bertz CT molecular complexity index is 1020. The van der Waals surface area contributed by atoms with Crippen molar-refractivity contribution in [2.75, 3.05) is 26.2 Å². The molecule has 2 aromatic carbocycles. The molecule has 0 saturated carbocycles. The lowest BCUT2D eigenvalue weighted by atomic mass is 10.1. The van der Waals surface area contributed by atoms with Crippen LogP contribution in [-0.4, -0.2) is 53.8 Å². The van der Waals surface area contributed by atoms with Crippen LogP contribution in [0.25, 0.3) is 20.8 Å². The predicted octanol–water partition coefficient (Wildman–Crippen LogP) is 1.86. The monoisotopic (exact) mass is 455 g/mol. The molecule has 0 unspecified atom stereocenters. The summed E-state index contributed by atoms with van der Waals surface area (Å²) in [5.41, 5.74) is 4.45. The van der Waals surface area contributed by atoms with Crippen LogP contribution in [0.3, 0.4) is 0 Å². The molecule has 1 aromatic heterocycles. The molecule has 2 aliphatic rings. The number of amidine groups is 2. The van der Waals surface area contributed by atoms with Crippen molar-refractivity contribution in [1.29, 1.82) is 0 Å². The fourth-order valence-corrected chi connectivity index (χ4v) is 4.16. The van der Waals surface area contributed by atoms with Gasteiger partial charge in [0.25, 0.3) is 0 Å². The minimum absolute atomic E-state index is 0. The first-order valence-corrected chi connectivity index (χ1v) is 9.27. The van der Waals surface area contributed by atoms with E-state index in [2.05, 4.69) is 63.1 Å². The first-order chi connectivity index (χ1) is 12.4. The first-order valence-electron chi connectivity index (χ1n) is 8.45. The summed E-state index contributed by atoms with van der Waals surface area (Å²) >= 11 is 1.72. The van der Waals surface area contributed by atoms with E-state index in [1.165, 1.54) is 4.70 Å². The van der Waals surface area contributed by atoms with Gasteiger partial charge < -0.3 is 21.6 Å². The van der Waals surface area contributed by atoms with Crippen molar-refractivity contribution >= 4 is 58.0 Å². The molecule has 0 fully saturated rings. The van der Waals surface area contributed by atoms with E-state index in [1.807, 2.05) is 0 Å². The lowest BCUT2D eigenvalue weighted by Crippen LogP contribution is -2.19. The zero-order valence-electron chi connectivity index (χ0n) is 15.4. The second-order valence-corrected chi connectivity index (χ2v) is 7.12. The molecule has 10 heteroatoms. The van der Waals surface area contributed by atoms with E-state index in [-0.39, 0.29) is 35.8 Å². The molecule has 0 aliphatic carbocycles. The highest BCUT2D eigenvalue weighted by Gasteiger charge is 2.12. The maximum Gasteiger partial charge on any atom is 0.128 e. The summed E-state index contributed by atoms with van der Waals surface area (Å²) in [6, 6.07) is 14.8. The van der Waals surface area contributed by atoms with E-state index < -0.39 is 0 Å². The number of halogens is 2. The normalized spacial score (nSPS) is 14.2. The summed E-state index contributed by atoms with van der Waals surface area (Å²) in [6.45, 7) is 3.57. The number of aromatic nitrogens is 1. The number of benzene rings is 2. The van der Waals surface area contributed by atoms with Crippen molar-refractivity contribution in [1.82, 2.24) is 15.6 Å². The molecule has 0 amide bonds. The number of fused-ring (bicyclic) bond motifs is 1. The van der Waals surface area contributed by atoms with Gasteiger partial charge in [-0.2, -0.15) is 0 Å². The molecular formula is C19H23Cl2N5O2S. The Balaban J connectivity index is 0.00000105. The molecule has 29 heavy (non-hydrogen) atoms. The summed E-state index contributed by atoms with van der Waals surface area (Å²) in [5.74, 6) is 1.98. The SMILES string of the molecule is Cl.Cl.O.O.c1cc(-c2nc3ccc(C4=NCCN4)cc3s2)ccc1C1=NCCN1. The summed E-state index contributed by atoms with van der Waals surface area (Å²) < 4.78 is 1.19. The molecule has 7 nitrogen and oxygen atoms in total. The zero-order valence-corrected chi connectivity index (χ0v) is 17.9. The van der Waals surface area contributed by atoms with Crippen LogP contribution < -0.4 is 10.6 Å². The van der Waals surface area contributed by atoms with E-state index >= 15 is 0 Å². The molecular weight excluding hydrogens is 433 g/mol. The van der Waals surface area contributed by atoms with Gasteiger partial charge in [0.15, 0.2) is 0 Å². The Morgan fingerprint density at radius 1 is 0.724 bits per heavy atom. The fourth-order valence-electron chi connectivity index (χ4n) is 3.15. The van der Waals surface area contributed by atoms with Crippen LogP contribution in [-0.2, 0) is 0 Å². The quantitative estimate of drug-likeness (QED) is 0.625. The molecule has 3 heterocycles. The summed E-state index contributed by atoms with van der Waals surface area (Å²) in [5, 5.41) is 7.68. The van der Waals surface area contributed by atoms with Crippen molar-refractivity contribution in [2.24, 2.45) is 9.98 Å². The number of aliphatic imine (C=N–C) groups is 2. The van der Waals surface area contributed by atoms with Gasteiger partial charge in [-0.15, -0.1) is 36.2 Å². The molecule has 3 aromatic rings. The molecule has 0 atom stereocenters. The lowest BCUT2D eigenvalue weighted by Gasteiger charge is -2.03. The average molecular weight is 456 g/mol. The molecule has 156 valence electrons. The largest absolute Gasteiger partial charge is 0.412 e. The Kier molecular flexibility index (Phi) is 9.00. The van der Waals surface area contributed by atoms with E-state index in [0.29, 0.717) is 0 Å². The van der Waals surface area contributed by atoms with Crippen molar-refractivity contribution in [3.8, 4) is 10.6 Å². The van der Waals surface area contributed by atoms with Gasteiger partial charge >= 0.3 is 0 Å². The number of hydrogen-bond donors (Lipinski definition) is 2. The maximum atomic E-state index is 4.79. The second kappa shape index (κ2) is 10.5. The Hall–Kier alpha value is -2.23. The maximum absolute atomic E-state index is 4.79. The highest BCUT2D eigenvalue weighted by molar-refractivity contribution is 7.21. The van der Waals surface area contributed by atoms with Crippen molar-refractivity contribution < 1.29 is 11.0 Å². The van der Waals surface area contributed by atoms with Gasteiger partial charge in [-0.25, -0.2) is 4.98 Å². The van der Waals surface area contributed by atoms with Crippen LogP contribution >= 0.6 is 36.2 Å². The van der Waals surface area contributed by atoms with Crippen LogP contribution in [0, 0.1) is 0 Å². The van der Waals surface area contributed by atoms with Crippen LogP contribution in [0.2, 0.25) is 0 Å². The number of nitrogens with one attached hydrogen (secondary N) is 2. The molecule has 2 aliphatic heterocycles. The van der Waals surface area contributed by atoms with Crippen molar-refractivity contribution in [2.45, 2.75) is 0 Å². The van der Waals surface area contributed by atoms with E-state index in [4.69, 9.17) is 4.98 Å². The standard InChI is InChI=1S/C19H17N5S.2ClH.2H2O/c1-3-13(4-2-12(1)17-20-7-8-21-17)19-24-15-6-5-14(11-16(15)25-19)18-22-9-10-23-18;;;;/h1-6,11H,7-10H2,(H,20,21)(H,22,23);2*1H;2*1H2. The third-order valence-corrected chi connectivity index (χ3v) is 5.48. The van der Waals surface area contributed by atoms with Gasteiger partial charge in [0, 0.05) is 29.8 Å². The van der Waals surface area contributed by atoms with Gasteiger partial charge in [-0.3, -0.25) is 9.98 Å². The molecule has 6 N–H and O–H groups in total. The topological polar surface area (TPSA) is 125 Å². The molecule has 0 saturated heterocycles. The van der Waals surface area contributed by atoms with Crippen molar-refractivity contribution in [3.05, 3.63) is 53.6 Å². The summed E-state index contributed by atoms with van der Waals surface area (Å²) in [6.07, 6.45) is 0. The van der Waals surface area contributed by atoms with Crippen LogP contribution in [0.5, 0.6) is 0 Å². The Labute approximate surface area is 184 Å². The first kappa shape index (κ1) is 24.8. The van der Waals surface area contributed by atoms with Gasteiger partial charge in [-0.05, 0) is 18.2 Å². The van der Waals surface area contributed by atoms with Gasteiger partial charge in [0.1, 0.15) is 16.7 Å². The van der Waals surface area contributed by atoms with Crippen molar-refractivity contribution in [3.63, 3.8) is 0 Å². The van der Waals surface area contributed by atoms with Crippen LogP contribution in [0.4, 0.5) is 0 Å². The van der Waals surface area contributed by atoms with E-state index in [1.54, 1.807) is 11.3 Å². The highest BCUT2D eigenvalue weighted by Crippen LogP contribution is 2.31. The third-order valence-electron chi connectivity index (χ3n) is 4.42. The Morgan fingerprint density at radius 3 is 1.86 bits per heavy atom. The second-order valence-electron chi connectivity index (χ2n) is 6.09. The predicted molar refractivity (Wildman–Crippen MR) is 126 cm³/mol. The number of nitrogens with zero attached hydrogens (tertiary/aromatic N) is 3. The number of rotatable bonds is 3. The summed E-state index contributed by atoms with van der Waals surface area (Å²) in [4.78, 5) is 13.8. The molecule has 0 radical (unpaired) electrons. The number of thiazole rings is 1. The molecule has 0 spiro atoms. The van der Waals surface area contributed by atoms with E-state index in [9.17, 15) is 0 Å². The minimum atomic E-state index is 0. The van der Waals surface area contributed by atoms with Crippen LogP contribution in [0.1, 0.15) is 11.1 Å². The Morgan fingerprint density at radius 2 is 1.28 bits per heavy atom. The fraction of sp³-hybridized carbons (Fsp3) is 0.211.